The number of nitrogens with zero attached hydrogens (tertiary/aromatic N) is 3. The van der Waals surface area contributed by atoms with Gasteiger partial charge >= 0.3 is 0 Å². The van der Waals surface area contributed by atoms with Crippen LogP contribution in [0.4, 0.5) is 4.39 Å². The average Bonchev–Trinajstić information content (AvgIpc) is 3.02. The third-order valence-electron chi connectivity index (χ3n) is 7.29. The van der Waals surface area contributed by atoms with E-state index < -0.39 is 11.9 Å². The van der Waals surface area contributed by atoms with Crippen LogP contribution < -0.4 is 5.56 Å². The van der Waals surface area contributed by atoms with E-state index in [2.05, 4.69) is 12.1 Å². The van der Waals surface area contributed by atoms with Gasteiger partial charge in [-0.05, 0) is 66.4 Å². The second-order valence-electron chi connectivity index (χ2n) is 10.2. The van der Waals surface area contributed by atoms with Crippen LogP contribution in [-0.2, 0) is 16.0 Å². The summed E-state index contributed by atoms with van der Waals surface area (Å²) in [5.41, 5.74) is 3.81. The summed E-state index contributed by atoms with van der Waals surface area (Å²) in [7, 11) is 0. The van der Waals surface area contributed by atoms with Crippen molar-refractivity contribution in [3.05, 3.63) is 131 Å². The van der Waals surface area contributed by atoms with Gasteiger partial charge in [0.25, 0.3) is 5.56 Å². The molecule has 0 bridgehead atoms. The Bertz CT molecular complexity index is 1700. The Morgan fingerprint density at radius 1 is 0.881 bits per heavy atom. The van der Waals surface area contributed by atoms with E-state index >= 15 is 0 Å². The smallest absolute Gasteiger partial charge is 0.266 e. The minimum Gasteiger partial charge on any atom is -0.380 e. The summed E-state index contributed by atoms with van der Waals surface area (Å²) in [6.07, 6.45) is 1.05. The Hall–Kier alpha value is -4.62. The van der Waals surface area contributed by atoms with Crippen molar-refractivity contribution in [2.45, 2.75) is 32.7 Å². The number of hydrogen-bond acceptors (Lipinski definition) is 4. The second kappa shape index (κ2) is 13.4. The molecule has 42 heavy (non-hydrogen) atoms. The fourth-order valence-electron chi connectivity index (χ4n) is 5.07. The largest absolute Gasteiger partial charge is 0.380 e. The molecule has 1 atom stereocenters. The summed E-state index contributed by atoms with van der Waals surface area (Å²) < 4.78 is 21.1. The molecule has 1 heterocycles. The molecule has 6 nitrogen and oxygen atoms in total. The van der Waals surface area contributed by atoms with Gasteiger partial charge in [-0.15, -0.1) is 0 Å². The molecule has 1 amide bonds. The first kappa shape index (κ1) is 28.9. The van der Waals surface area contributed by atoms with Gasteiger partial charge in [0, 0.05) is 13.2 Å². The molecule has 0 saturated heterocycles. The highest BCUT2D eigenvalue weighted by atomic mass is 19.1. The highest BCUT2D eigenvalue weighted by molar-refractivity contribution is 5.80. The van der Waals surface area contributed by atoms with Crippen LogP contribution in [0.15, 0.2) is 108 Å². The zero-order valence-corrected chi connectivity index (χ0v) is 23.9. The number of rotatable bonds is 11. The van der Waals surface area contributed by atoms with Crippen LogP contribution in [0, 0.1) is 5.82 Å². The molecule has 5 aromatic rings. The van der Waals surface area contributed by atoms with Crippen LogP contribution in [0.3, 0.4) is 0 Å². The topological polar surface area (TPSA) is 64.4 Å². The number of para-hydroxylation sites is 1. The van der Waals surface area contributed by atoms with Crippen molar-refractivity contribution < 1.29 is 13.9 Å². The first-order valence-electron chi connectivity index (χ1n) is 14.3. The van der Waals surface area contributed by atoms with Crippen LogP contribution in [0.1, 0.15) is 37.7 Å². The van der Waals surface area contributed by atoms with Gasteiger partial charge in [-0.25, -0.2) is 9.37 Å². The summed E-state index contributed by atoms with van der Waals surface area (Å²) in [6.45, 7) is 5.17. The Kier molecular flexibility index (Phi) is 9.19. The van der Waals surface area contributed by atoms with Gasteiger partial charge in [0.15, 0.2) is 0 Å². The molecule has 0 saturated carbocycles. The monoisotopic (exact) mass is 563 g/mol. The van der Waals surface area contributed by atoms with Crippen molar-refractivity contribution in [2.75, 3.05) is 19.8 Å². The van der Waals surface area contributed by atoms with Crippen molar-refractivity contribution in [3.8, 4) is 16.8 Å². The van der Waals surface area contributed by atoms with E-state index in [9.17, 15) is 14.0 Å². The molecule has 7 heteroatoms. The lowest BCUT2D eigenvalue weighted by molar-refractivity contribution is -0.133. The molecule has 0 aliphatic carbocycles. The number of benzene rings is 4. The third-order valence-corrected chi connectivity index (χ3v) is 7.29. The number of halogens is 1. The minimum absolute atomic E-state index is 0.108. The predicted octanol–water partition coefficient (Wildman–Crippen LogP) is 6.75. The number of carbonyl (C=O) groups is 1. The summed E-state index contributed by atoms with van der Waals surface area (Å²) in [4.78, 5) is 34.3. The van der Waals surface area contributed by atoms with Crippen molar-refractivity contribution in [1.29, 1.82) is 0 Å². The quantitative estimate of drug-likeness (QED) is 0.167. The van der Waals surface area contributed by atoms with Crippen LogP contribution in [-0.4, -0.2) is 40.1 Å². The van der Waals surface area contributed by atoms with Gasteiger partial charge in [0.1, 0.15) is 11.6 Å². The molecule has 0 aliphatic rings. The van der Waals surface area contributed by atoms with E-state index in [0.717, 1.165) is 23.1 Å². The van der Waals surface area contributed by atoms with E-state index in [0.29, 0.717) is 42.2 Å². The highest BCUT2D eigenvalue weighted by Gasteiger charge is 2.27. The van der Waals surface area contributed by atoms with Gasteiger partial charge in [-0.2, -0.15) is 0 Å². The molecule has 4 aromatic carbocycles. The number of carbonyl (C=O) groups excluding carboxylic acids is 1. The molecule has 0 N–H and O–H groups in total. The lowest BCUT2D eigenvalue weighted by Gasteiger charge is -2.31. The van der Waals surface area contributed by atoms with E-state index in [1.54, 1.807) is 35.2 Å². The normalized spacial score (nSPS) is 11.9. The third kappa shape index (κ3) is 6.47. The number of ether oxygens (including phenoxy) is 1. The van der Waals surface area contributed by atoms with Crippen LogP contribution >= 0.6 is 0 Å². The number of aromatic nitrogens is 2. The second-order valence-corrected chi connectivity index (χ2v) is 10.2. The molecule has 1 unspecified atom stereocenters. The van der Waals surface area contributed by atoms with E-state index in [1.165, 1.54) is 16.7 Å². The Balaban J connectivity index is 1.50. The molecule has 0 aliphatic heterocycles. The van der Waals surface area contributed by atoms with Gasteiger partial charge < -0.3 is 9.64 Å². The molecule has 1 aromatic heterocycles. The first-order valence-corrected chi connectivity index (χ1v) is 14.3. The Labute approximate surface area is 245 Å². The number of amides is 1. The fourth-order valence-corrected chi connectivity index (χ4v) is 5.07. The van der Waals surface area contributed by atoms with Gasteiger partial charge in [-0.1, -0.05) is 73.7 Å². The maximum Gasteiger partial charge on any atom is 0.266 e. The average molecular weight is 564 g/mol. The van der Waals surface area contributed by atoms with Crippen molar-refractivity contribution >= 4 is 16.8 Å². The molecule has 214 valence electrons. The number of fused-ring (bicyclic) bond motifs is 1. The van der Waals surface area contributed by atoms with Crippen LogP contribution in [0.25, 0.3) is 27.7 Å². The first-order chi connectivity index (χ1) is 20.5. The summed E-state index contributed by atoms with van der Waals surface area (Å²) >= 11 is 0. The molecule has 0 fully saturated rings. The predicted molar refractivity (Wildman–Crippen MR) is 164 cm³/mol. The van der Waals surface area contributed by atoms with E-state index in [1.807, 2.05) is 62.4 Å². The molecule has 5 rings (SSSR count). The van der Waals surface area contributed by atoms with Crippen molar-refractivity contribution in [1.82, 2.24) is 14.5 Å². The Morgan fingerprint density at radius 3 is 2.26 bits per heavy atom. The SMILES string of the molecule is CCCOCCN(C(=O)Cc1ccc(-c2ccccc2)cc1)C(C)c1nc2ccccc2c(=O)n1-c1ccc(F)cc1. The minimum atomic E-state index is -0.575. The lowest BCUT2D eigenvalue weighted by atomic mass is 10.0. The summed E-state index contributed by atoms with van der Waals surface area (Å²) in [5.74, 6) is -0.116. The molecular weight excluding hydrogens is 529 g/mol. The zero-order chi connectivity index (χ0) is 29.5. The molecule has 0 radical (unpaired) electrons. The van der Waals surface area contributed by atoms with Crippen molar-refractivity contribution in [3.63, 3.8) is 0 Å². The summed E-state index contributed by atoms with van der Waals surface area (Å²) in [6, 6.07) is 30.3. The van der Waals surface area contributed by atoms with Crippen molar-refractivity contribution in [2.24, 2.45) is 0 Å². The Morgan fingerprint density at radius 2 is 1.55 bits per heavy atom. The van der Waals surface area contributed by atoms with E-state index in [-0.39, 0.29) is 17.9 Å². The number of hydrogen-bond donors (Lipinski definition) is 0. The zero-order valence-electron chi connectivity index (χ0n) is 23.9. The van der Waals surface area contributed by atoms with Crippen LogP contribution in [0.2, 0.25) is 0 Å². The maximum absolute atomic E-state index is 13.9. The summed E-state index contributed by atoms with van der Waals surface area (Å²) in [5, 5.41) is 0.445. The lowest BCUT2D eigenvalue weighted by Crippen LogP contribution is -2.40. The van der Waals surface area contributed by atoms with E-state index in [4.69, 9.17) is 9.72 Å². The van der Waals surface area contributed by atoms with Gasteiger partial charge in [-0.3, -0.25) is 14.2 Å². The molecular formula is C35H34FN3O3. The highest BCUT2D eigenvalue weighted by Crippen LogP contribution is 2.25. The molecule has 0 spiro atoms. The van der Waals surface area contributed by atoms with Crippen LogP contribution in [0.5, 0.6) is 0 Å². The van der Waals surface area contributed by atoms with Gasteiger partial charge in [0.05, 0.1) is 35.7 Å². The standard InChI is InChI=1S/C35H34FN3O3/c1-3-22-42-23-21-38(33(40)24-26-13-15-28(16-14-26)27-9-5-4-6-10-27)25(2)34-37-32-12-8-7-11-31(32)35(41)39(34)30-19-17-29(36)18-20-30/h4-20,25H,3,21-24H2,1-2H3. The van der Waals surface area contributed by atoms with Gasteiger partial charge in [0.2, 0.25) is 5.91 Å². The maximum atomic E-state index is 13.9. The fraction of sp³-hybridized carbons (Fsp3) is 0.229.